The molecule has 0 aliphatic rings. The van der Waals surface area contributed by atoms with Crippen LogP contribution in [-0.2, 0) is 23.0 Å². The standard InChI is InChI=1S/C14H18N4O2S/c1-2-11-5-3-4-6-12(11)9-17-21(19,20)14-10-16-8-7-13(14)18-15/h3-8,10,17H,2,9,15H2,1H3,(H,16,18). The lowest BCUT2D eigenvalue weighted by Gasteiger charge is -2.12. The molecule has 0 atom stereocenters. The van der Waals surface area contributed by atoms with E-state index in [2.05, 4.69) is 15.1 Å². The van der Waals surface area contributed by atoms with Crippen LogP contribution in [0.5, 0.6) is 0 Å². The first-order valence-corrected chi connectivity index (χ1v) is 8.04. The van der Waals surface area contributed by atoms with Crippen molar-refractivity contribution in [2.75, 3.05) is 5.43 Å². The van der Waals surface area contributed by atoms with Gasteiger partial charge >= 0.3 is 0 Å². The first kappa shape index (κ1) is 15.4. The van der Waals surface area contributed by atoms with E-state index in [4.69, 9.17) is 5.84 Å². The van der Waals surface area contributed by atoms with Gasteiger partial charge in [0.05, 0.1) is 5.69 Å². The van der Waals surface area contributed by atoms with Gasteiger partial charge in [-0.25, -0.2) is 13.1 Å². The smallest absolute Gasteiger partial charge is 0.244 e. The Morgan fingerprint density at radius 3 is 2.57 bits per heavy atom. The number of nitrogens with zero attached hydrogens (tertiary/aromatic N) is 1. The molecule has 0 aliphatic carbocycles. The predicted molar refractivity (Wildman–Crippen MR) is 81.9 cm³/mol. The van der Waals surface area contributed by atoms with Gasteiger partial charge in [0.15, 0.2) is 0 Å². The van der Waals surface area contributed by atoms with Gasteiger partial charge in [-0.15, -0.1) is 0 Å². The number of pyridine rings is 1. The largest absolute Gasteiger partial charge is 0.323 e. The molecule has 1 aromatic heterocycles. The highest BCUT2D eigenvalue weighted by molar-refractivity contribution is 7.89. The van der Waals surface area contributed by atoms with Gasteiger partial charge in [-0.05, 0) is 23.6 Å². The summed E-state index contributed by atoms with van der Waals surface area (Å²) < 4.78 is 27.3. The van der Waals surface area contributed by atoms with Crippen LogP contribution in [0.4, 0.5) is 5.69 Å². The Kier molecular flexibility index (Phi) is 4.89. The highest BCUT2D eigenvalue weighted by Crippen LogP contribution is 2.19. The number of nitrogen functional groups attached to an aromatic ring is 1. The first-order chi connectivity index (χ1) is 10.1. The number of anilines is 1. The topological polar surface area (TPSA) is 97.1 Å². The van der Waals surface area contributed by atoms with E-state index < -0.39 is 10.0 Å². The zero-order chi connectivity index (χ0) is 15.3. The van der Waals surface area contributed by atoms with Crippen LogP contribution in [0.1, 0.15) is 18.1 Å². The number of nitrogens with one attached hydrogen (secondary N) is 2. The average molecular weight is 306 g/mol. The second kappa shape index (κ2) is 6.66. The van der Waals surface area contributed by atoms with Gasteiger partial charge in [-0.3, -0.25) is 10.8 Å². The van der Waals surface area contributed by atoms with Crippen LogP contribution in [0.15, 0.2) is 47.6 Å². The molecule has 2 rings (SSSR count). The molecule has 0 bridgehead atoms. The molecule has 0 amide bonds. The third-order valence-corrected chi connectivity index (χ3v) is 4.61. The molecule has 7 heteroatoms. The lowest BCUT2D eigenvalue weighted by molar-refractivity contribution is 0.581. The van der Waals surface area contributed by atoms with E-state index in [9.17, 15) is 8.42 Å². The Morgan fingerprint density at radius 1 is 1.19 bits per heavy atom. The minimum Gasteiger partial charge on any atom is -0.323 e. The van der Waals surface area contributed by atoms with Crippen molar-refractivity contribution in [1.82, 2.24) is 9.71 Å². The molecular weight excluding hydrogens is 288 g/mol. The summed E-state index contributed by atoms with van der Waals surface area (Å²) in [4.78, 5) is 3.86. The lowest BCUT2D eigenvalue weighted by atomic mass is 10.1. The Hall–Kier alpha value is -1.96. The maximum absolute atomic E-state index is 12.3. The molecule has 6 nitrogen and oxygen atoms in total. The van der Waals surface area contributed by atoms with Gasteiger partial charge in [0, 0.05) is 18.9 Å². The SMILES string of the molecule is CCc1ccccc1CNS(=O)(=O)c1cnccc1NN. The molecule has 0 saturated heterocycles. The number of hydrazine groups is 1. The Morgan fingerprint density at radius 2 is 1.90 bits per heavy atom. The van der Waals surface area contributed by atoms with E-state index >= 15 is 0 Å². The van der Waals surface area contributed by atoms with Gasteiger partial charge in [0.1, 0.15) is 4.90 Å². The minimum atomic E-state index is -3.68. The summed E-state index contributed by atoms with van der Waals surface area (Å²) in [6.45, 7) is 2.26. The summed E-state index contributed by atoms with van der Waals surface area (Å²) in [5.74, 6) is 5.33. The summed E-state index contributed by atoms with van der Waals surface area (Å²) in [7, 11) is -3.68. The lowest BCUT2D eigenvalue weighted by Crippen LogP contribution is -2.25. The number of rotatable bonds is 6. The molecule has 0 saturated carbocycles. The Bertz CT molecular complexity index is 716. The van der Waals surface area contributed by atoms with Crippen molar-refractivity contribution in [2.24, 2.45) is 5.84 Å². The maximum atomic E-state index is 12.3. The normalized spacial score (nSPS) is 11.3. The Balaban J connectivity index is 2.22. The number of sulfonamides is 1. The van der Waals surface area contributed by atoms with Crippen molar-refractivity contribution < 1.29 is 8.42 Å². The third-order valence-electron chi connectivity index (χ3n) is 3.18. The van der Waals surface area contributed by atoms with E-state index in [-0.39, 0.29) is 11.4 Å². The minimum absolute atomic E-state index is 0.0291. The monoisotopic (exact) mass is 306 g/mol. The quantitative estimate of drug-likeness (QED) is 0.554. The molecule has 1 aromatic carbocycles. The number of nitrogens with two attached hydrogens (primary N) is 1. The van der Waals surface area contributed by atoms with Crippen molar-refractivity contribution in [3.05, 3.63) is 53.9 Å². The molecule has 112 valence electrons. The Labute approximate surface area is 124 Å². The first-order valence-electron chi connectivity index (χ1n) is 6.55. The second-order valence-corrected chi connectivity index (χ2v) is 6.20. The molecule has 2 aromatic rings. The van der Waals surface area contributed by atoms with Crippen LogP contribution in [0, 0.1) is 0 Å². The van der Waals surface area contributed by atoms with E-state index in [1.807, 2.05) is 31.2 Å². The highest BCUT2D eigenvalue weighted by Gasteiger charge is 2.18. The number of aryl methyl sites for hydroxylation is 1. The number of hydrogen-bond acceptors (Lipinski definition) is 5. The number of aromatic nitrogens is 1. The molecule has 0 unspecified atom stereocenters. The average Bonchev–Trinajstić information content (AvgIpc) is 2.53. The van der Waals surface area contributed by atoms with Crippen LogP contribution >= 0.6 is 0 Å². The zero-order valence-electron chi connectivity index (χ0n) is 11.7. The van der Waals surface area contributed by atoms with Crippen LogP contribution in [0.3, 0.4) is 0 Å². The molecule has 0 spiro atoms. The second-order valence-electron chi connectivity index (χ2n) is 4.46. The fourth-order valence-corrected chi connectivity index (χ4v) is 3.16. The van der Waals surface area contributed by atoms with Gasteiger partial charge in [0.25, 0.3) is 0 Å². The molecule has 1 heterocycles. The number of hydrogen-bond donors (Lipinski definition) is 3. The van der Waals surface area contributed by atoms with Crippen molar-refractivity contribution >= 4 is 15.7 Å². The predicted octanol–water partition coefficient (Wildman–Crippen LogP) is 1.41. The molecule has 21 heavy (non-hydrogen) atoms. The zero-order valence-corrected chi connectivity index (χ0v) is 12.5. The number of benzene rings is 1. The molecular formula is C14H18N4O2S. The third kappa shape index (κ3) is 3.57. The van der Waals surface area contributed by atoms with Gasteiger partial charge < -0.3 is 5.43 Å². The van der Waals surface area contributed by atoms with Crippen molar-refractivity contribution in [1.29, 1.82) is 0 Å². The van der Waals surface area contributed by atoms with E-state index in [1.54, 1.807) is 0 Å². The summed E-state index contributed by atoms with van der Waals surface area (Å²) >= 11 is 0. The van der Waals surface area contributed by atoms with E-state index in [1.165, 1.54) is 18.5 Å². The summed E-state index contributed by atoms with van der Waals surface area (Å²) in [5.41, 5.74) is 4.74. The van der Waals surface area contributed by atoms with Crippen LogP contribution in [-0.4, -0.2) is 13.4 Å². The fraction of sp³-hybridized carbons (Fsp3) is 0.214. The van der Waals surface area contributed by atoms with Crippen LogP contribution in [0.25, 0.3) is 0 Å². The van der Waals surface area contributed by atoms with E-state index in [0.29, 0.717) is 5.69 Å². The summed E-state index contributed by atoms with van der Waals surface area (Å²) in [6.07, 6.45) is 3.59. The van der Waals surface area contributed by atoms with Crippen LogP contribution in [0.2, 0.25) is 0 Å². The van der Waals surface area contributed by atoms with Gasteiger partial charge in [0.2, 0.25) is 10.0 Å². The fourth-order valence-electron chi connectivity index (χ4n) is 2.04. The van der Waals surface area contributed by atoms with Crippen LogP contribution < -0.4 is 16.0 Å². The molecule has 0 radical (unpaired) electrons. The van der Waals surface area contributed by atoms with Gasteiger partial charge in [-0.1, -0.05) is 31.2 Å². The highest BCUT2D eigenvalue weighted by atomic mass is 32.2. The van der Waals surface area contributed by atoms with Crippen molar-refractivity contribution in [3.63, 3.8) is 0 Å². The maximum Gasteiger partial charge on any atom is 0.244 e. The van der Waals surface area contributed by atoms with Gasteiger partial charge in [-0.2, -0.15) is 0 Å². The molecule has 0 aliphatic heterocycles. The van der Waals surface area contributed by atoms with Crippen molar-refractivity contribution in [3.8, 4) is 0 Å². The summed E-state index contributed by atoms with van der Waals surface area (Å²) in [5, 5.41) is 0. The van der Waals surface area contributed by atoms with Crippen molar-refractivity contribution in [2.45, 2.75) is 24.8 Å². The molecule has 4 N–H and O–H groups in total. The summed E-state index contributed by atoms with van der Waals surface area (Å²) in [6, 6.07) is 9.23. The molecule has 0 fully saturated rings. The van der Waals surface area contributed by atoms with E-state index in [0.717, 1.165) is 17.5 Å².